The van der Waals surface area contributed by atoms with E-state index in [-0.39, 0.29) is 19.1 Å². The van der Waals surface area contributed by atoms with Crippen LogP contribution >= 0.6 is 0 Å². The Balaban J connectivity index is 1.61. The van der Waals surface area contributed by atoms with Gasteiger partial charge in [-0.15, -0.1) is 0 Å². The van der Waals surface area contributed by atoms with E-state index in [1.807, 2.05) is 60.9 Å². The SMILES string of the molecule is Cc1cc(C(=O)NCC(=O)OCc2ccccc2)c(C)n1-c1cccnc1. The highest BCUT2D eigenvalue weighted by Crippen LogP contribution is 2.20. The highest BCUT2D eigenvalue weighted by Gasteiger charge is 2.17. The monoisotopic (exact) mass is 363 g/mol. The van der Waals surface area contributed by atoms with Crippen LogP contribution in [0.25, 0.3) is 5.69 Å². The van der Waals surface area contributed by atoms with E-state index in [0.29, 0.717) is 5.56 Å². The number of hydrogen-bond acceptors (Lipinski definition) is 4. The summed E-state index contributed by atoms with van der Waals surface area (Å²) in [7, 11) is 0. The molecule has 0 fully saturated rings. The van der Waals surface area contributed by atoms with Gasteiger partial charge >= 0.3 is 5.97 Å². The minimum atomic E-state index is -0.478. The average molecular weight is 363 g/mol. The molecule has 1 N–H and O–H groups in total. The minimum Gasteiger partial charge on any atom is -0.460 e. The molecule has 27 heavy (non-hydrogen) atoms. The van der Waals surface area contributed by atoms with Crippen molar-refractivity contribution in [3.05, 3.63) is 83.4 Å². The standard InChI is InChI=1S/C21H21N3O3/c1-15-11-19(16(2)24(15)18-9-6-10-22-12-18)21(26)23-13-20(25)27-14-17-7-4-3-5-8-17/h3-12H,13-14H2,1-2H3,(H,23,26). The Morgan fingerprint density at radius 1 is 1.11 bits per heavy atom. The van der Waals surface area contributed by atoms with Gasteiger partial charge in [0.15, 0.2) is 0 Å². The van der Waals surface area contributed by atoms with Gasteiger partial charge in [0.2, 0.25) is 0 Å². The fraction of sp³-hybridized carbons (Fsp3) is 0.190. The molecular weight excluding hydrogens is 342 g/mol. The number of pyridine rings is 1. The lowest BCUT2D eigenvalue weighted by molar-refractivity contribution is -0.143. The molecule has 0 bridgehead atoms. The third kappa shape index (κ3) is 4.41. The molecule has 138 valence electrons. The molecule has 0 spiro atoms. The van der Waals surface area contributed by atoms with Crippen molar-refractivity contribution in [2.75, 3.05) is 6.54 Å². The number of hydrogen-bond donors (Lipinski definition) is 1. The van der Waals surface area contributed by atoms with E-state index in [1.165, 1.54) is 0 Å². The van der Waals surface area contributed by atoms with E-state index < -0.39 is 5.97 Å². The van der Waals surface area contributed by atoms with Gasteiger partial charge in [-0.1, -0.05) is 30.3 Å². The number of carbonyl (C=O) groups is 2. The average Bonchev–Trinajstić information content (AvgIpc) is 3.00. The molecule has 0 saturated carbocycles. The fourth-order valence-corrected chi connectivity index (χ4v) is 2.91. The maximum absolute atomic E-state index is 12.5. The summed E-state index contributed by atoms with van der Waals surface area (Å²) in [4.78, 5) is 28.5. The molecular formula is C21H21N3O3. The fourth-order valence-electron chi connectivity index (χ4n) is 2.91. The zero-order valence-corrected chi connectivity index (χ0v) is 15.3. The van der Waals surface area contributed by atoms with Crippen molar-refractivity contribution in [1.29, 1.82) is 0 Å². The Labute approximate surface area is 157 Å². The predicted octanol–water partition coefficient (Wildman–Crippen LogP) is 2.96. The van der Waals surface area contributed by atoms with Gasteiger partial charge in [0.05, 0.1) is 17.4 Å². The van der Waals surface area contributed by atoms with E-state index in [1.54, 1.807) is 18.5 Å². The molecule has 6 heteroatoms. The van der Waals surface area contributed by atoms with Gasteiger partial charge in [0.25, 0.3) is 5.91 Å². The molecule has 0 saturated heterocycles. The first-order valence-corrected chi connectivity index (χ1v) is 8.63. The van der Waals surface area contributed by atoms with E-state index in [4.69, 9.17) is 4.74 Å². The number of nitrogens with zero attached hydrogens (tertiary/aromatic N) is 2. The minimum absolute atomic E-state index is 0.178. The third-order valence-electron chi connectivity index (χ3n) is 4.22. The maximum Gasteiger partial charge on any atom is 0.325 e. The van der Waals surface area contributed by atoms with Crippen LogP contribution in [0.2, 0.25) is 0 Å². The highest BCUT2D eigenvalue weighted by atomic mass is 16.5. The van der Waals surface area contributed by atoms with Crippen molar-refractivity contribution in [1.82, 2.24) is 14.9 Å². The number of carbonyl (C=O) groups excluding carboxylic acids is 2. The second-order valence-electron chi connectivity index (χ2n) is 6.16. The molecule has 0 aliphatic rings. The largest absolute Gasteiger partial charge is 0.460 e. The quantitative estimate of drug-likeness (QED) is 0.684. The van der Waals surface area contributed by atoms with Crippen LogP contribution in [-0.4, -0.2) is 28.0 Å². The summed E-state index contributed by atoms with van der Waals surface area (Å²) in [6.45, 7) is 3.79. The van der Waals surface area contributed by atoms with E-state index >= 15 is 0 Å². The predicted molar refractivity (Wildman–Crippen MR) is 102 cm³/mol. The molecule has 6 nitrogen and oxygen atoms in total. The first kappa shape index (κ1) is 18.4. The van der Waals surface area contributed by atoms with Gasteiger partial charge in [0.1, 0.15) is 13.2 Å². The van der Waals surface area contributed by atoms with Gasteiger partial charge in [0, 0.05) is 17.6 Å². The number of nitrogens with one attached hydrogen (secondary N) is 1. The summed E-state index contributed by atoms with van der Waals surface area (Å²) in [5.41, 5.74) is 4.01. The van der Waals surface area contributed by atoms with Crippen LogP contribution in [0.15, 0.2) is 60.9 Å². The van der Waals surface area contributed by atoms with Crippen molar-refractivity contribution in [2.45, 2.75) is 20.5 Å². The van der Waals surface area contributed by atoms with E-state index in [9.17, 15) is 9.59 Å². The van der Waals surface area contributed by atoms with Crippen LogP contribution in [0.4, 0.5) is 0 Å². The number of amides is 1. The molecule has 0 radical (unpaired) electrons. The highest BCUT2D eigenvalue weighted by molar-refractivity contribution is 5.97. The molecule has 0 aliphatic heterocycles. The lowest BCUT2D eigenvalue weighted by Crippen LogP contribution is -2.30. The third-order valence-corrected chi connectivity index (χ3v) is 4.22. The summed E-state index contributed by atoms with van der Waals surface area (Å²) in [5, 5.41) is 2.63. The van der Waals surface area contributed by atoms with Crippen LogP contribution in [0.1, 0.15) is 27.3 Å². The van der Waals surface area contributed by atoms with Crippen molar-refractivity contribution < 1.29 is 14.3 Å². The summed E-state index contributed by atoms with van der Waals surface area (Å²) in [5.74, 6) is -0.789. The molecule has 0 unspecified atom stereocenters. The summed E-state index contributed by atoms with van der Waals surface area (Å²) >= 11 is 0. The molecule has 1 aromatic carbocycles. The van der Waals surface area contributed by atoms with Gasteiger partial charge in [-0.2, -0.15) is 0 Å². The van der Waals surface area contributed by atoms with Crippen LogP contribution < -0.4 is 5.32 Å². The second-order valence-corrected chi connectivity index (χ2v) is 6.16. The van der Waals surface area contributed by atoms with E-state index in [2.05, 4.69) is 10.3 Å². The Morgan fingerprint density at radius 2 is 1.89 bits per heavy atom. The number of rotatable bonds is 6. The summed E-state index contributed by atoms with van der Waals surface area (Å²) in [6, 6.07) is 15.0. The van der Waals surface area contributed by atoms with Gasteiger partial charge in [-0.3, -0.25) is 14.6 Å². The normalized spacial score (nSPS) is 10.4. The number of aryl methyl sites for hydroxylation is 1. The Bertz CT molecular complexity index is 934. The molecule has 3 rings (SSSR count). The summed E-state index contributed by atoms with van der Waals surface area (Å²) in [6.07, 6.45) is 3.44. The van der Waals surface area contributed by atoms with Crippen LogP contribution in [0.3, 0.4) is 0 Å². The molecule has 2 aromatic heterocycles. The first-order valence-electron chi connectivity index (χ1n) is 8.63. The number of ether oxygens (including phenoxy) is 1. The lowest BCUT2D eigenvalue weighted by Gasteiger charge is -2.09. The zero-order valence-electron chi connectivity index (χ0n) is 15.3. The Hall–Kier alpha value is -3.41. The molecule has 0 atom stereocenters. The topological polar surface area (TPSA) is 73.2 Å². The molecule has 3 aromatic rings. The van der Waals surface area contributed by atoms with Gasteiger partial charge in [-0.05, 0) is 37.6 Å². The maximum atomic E-state index is 12.5. The van der Waals surface area contributed by atoms with Gasteiger partial charge < -0.3 is 14.6 Å². The van der Waals surface area contributed by atoms with Crippen molar-refractivity contribution in [3.8, 4) is 5.69 Å². The first-order chi connectivity index (χ1) is 13.1. The van der Waals surface area contributed by atoms with Crippen LogP contribution in [0.5, 0.6) is 0 Å². The van der Waals surface area contributed by atoms with Crippen LogP contribution in [0, 0.1) is 13.8 Å². The van der Waals surface area contributed by atoms with Crippen molar-refractivity contribution in [2.24, 2.45) is 0 Å². The van der Waals surface area contributed by atoms with Crippen LogP contribution in [-0.2, 0) is 16.1 Å². The van der Waals surface area contributed by atoms with Gasteiger partial charge in [-0.25, -0.2) is 0 Å². The number of benzene rings is 1. The Morgan fingerprint density at radius 3 is 2.59 bits per heavy atom. The smallest absolute Gasteiger partial charge is 0.325 e. The van der Waals surface area contributed by atoms with Crippen molar-refractivity contribution >= 4 is 11.9 Å². The number of aromatic nitrogens is 2. The molecule has 0 aliphatic carbocycles. The summed E-state index contributed by atoms with van der Waals surface area (Å²) < 4.78 is 7.13. The number of esters is 1. The Kier molecular flexibility index (Phi) is 5.66. The second kappa shape index (κ2) is 8.31. The van der Waals surface area contributed by atoms with Crippen molar-refractivity contribution in [3.63, 3.8) is 0 Å². The van der Waals surface area contributed by atoms with E-state index in [0.717, 1.165) is 22.6 Å². The molecule has 1 amide bonds. The lowest BCUT2D eigenvalue weighted by atomic mass is 10.2. The zero-order chi connectivity index (χ0) is 19.2. The molecule has 2 heterocycles.